The highest BCUT2D eigenvalue weighted by Crippen LogP contribution is 2.54. The van der Waals surface area contributed by atoms with Gasteiger partial charge in [0.15, 0.2) is 23.0 Å². The van der Waals surface area contributed by atoms with Crippen LogP contribution in [0.25, 0.3) is 44.2 Å². The molecule has 0 unspecified atom stereocenters. The molecule has 1 aliphatic carbocycles. The number of fused-ring (bicyclic) bond motifs is 11. The lowest BCUT2D eigenvalue weighted by Crippen LogP contribution is -2.61. The highest BCUT2D eigenvalue weighted by Gasteiger charge is 2.46. The molecule has 0 bridgehead atoms. The molecule has 0 spiro atoms. The minimum Gasteiger partial charge on any atom is -0.456 e. The molecule has 0 atom stereocenters. The van der Waals surface area contributed by atoms with Crippen LogP contribution in [0.5, 0.6) is 23.0 Å². The fraction of sp³-hybridized carbons (Fsp3) is 0.178. The van der Waals surface area contributed by atoms with Crippen LogP contribution in [0.3, 0.4) is 0 Å². The second-order valence-electron chi connectivity index (χ2n) is 25.3. The van der Waals surface area contributed by atoms with Crippen molar-refractivity contribution in [2.24, 2.45) is 0 Å². The van der Waals surface area contributed by atoms with Gasteiger partial charge in [0.1, 0.15) is 11.3 Å². The topological polar surface area (TPSA) is 59.8 Å². The largest absolute Gasteiger partial charge is 0.456 e. The van der Waals surface area contributed by atoms with E-state index in [1.165, 1.54) is 44.3 Å². The smallest absolute Gasteiger partial charge is 0.252 e. The molecule has 0 amide bonds. The third-order valence-electron chi connectivity index (χ3n) is 17.9. The van der Waals surface area contributed by atoms with E-state index in [-0.39, 0.29) is 36.5 Å². The number of ether oxygens (including phenoxy) is 4. The normalized spacial score (nSPS) is 14.9. The van der Waals surface area contributed by atoms with E-state index in [1.807, 2.05) is 18.2 Å². The van der Waals surface area contributed by atoms with Crippen LogP contribution in [0.2, 0.25) is 0 Å². The van der Waals surface area contributed by atoms with E-state index in [2.05, 4.69) is 246 Å². The first-order chi connectivity index (χ1) is 39.6. The first-order valence-electron chi connectivity index (χ1n) is 28.6. The quantitative estimate of drug-likeness (QED) is 0.153. The van der Waals surface area contributed by atoms with Gasteiger partial charge in [-0.1, -0.05) is 146 Å². The second kappa shape index (κ2) is 17.3. The Labute approximate surface area is 478 Å². The number of benzene rings is 10. The molecule has 1 aromatic heterocycles. The molecule has 82 heavy (non-hydrogen) atoms. The van der Waals surface area contributed by atoms with Gasteiger partial charge in [-0.05, 0) is 162 Å². The number of rotatable bonds is 6. The highest BCUT2D eigenvalue weighted by atomic mass is 16.7. The number of hydrogen-bond donors (Lipinski definition) is 0. The summed E-state index contributed by atoms with van der Waals surface area (Å²) in [6.45, 7) is 18.6. The van der Waals surface area contributed by atoms with Crippen molar-refractivity contribution >= 4 is 96.0 Å². The molecule has 5 aliphatic rings. The van der Waals surface area contributed by atoms with Crippen LogP contribution in [0, 0.1) is 0 Å². The molecular weight excluding hydrogens is 1010 g/mol. The van der Waals surface area contributed by atoms with Gasteiger partial charge in [-0.15, -0.1) is 0 Å². The summed E-state index contributed by atoms with van der Waals surface area (Å²) in [5, 5.41) is 3.33. The average Bonchev–Trinajstić information content (AvgIpc) is 1.54. The monoisotopic (exact) mass is 1070 g/mol. The van der Waals surface area contributed by atoms with E-state index in [0.29, 0.717) is 11.5 Å². The van der Waals surface area contributed by atoms with Gasteiger partial charge in [0.25, 0.3) is 6.71 Å². The number of anilines is 9. The molecule has 400 valence electrons. The summed E-state index contributed by atoms with van der Waals surface area (Å²) >= 11 is 0. The zero-order chi connectivity index (χ0) is 55.6. The average molecular weight is 1070 g/mol. The third-order valence-corrected chi connectivity index (χ3v) is 17.9. The zero-order valence-corrected chi connectivity index (χ0v) is 47.3. The lowest BCUT2D eigenvalue weighted by atomic mass is 9.33. The summed E-state index contributed by atoms with van der Waals surface area (Å²) in [6.07, 6.45) is 0. The van der Waals surface area contributed by atoms with E-state index < -0.39 is 0 Å². The fourth-order valence-corrected chi connectivity index (χ4v) is 13.6. The molecule has 0 saturated heterocycles. The van der Waals surface area contributed by atoms with Crippen LogP contribution >= 0.6 is 0 Å². The summed E-state index contributed by atoms with van der Waals surface area (Å²) in [4.78, 5) is 7.41. The van der Waals surface area contributed by atoms with Crippen LogP contribution in [-0.2, 0) is 16.2 Å². The molecule has 4 aliphatic heterocycles. The molecule has 0 saturated carbocycles. The Morgan fingerprint density at radius 2 is 1.06 bits per heavy atom. The highest BCUT2D eigenvalue weighted by molar-refractivity contribution is 7.00. The van der Waals surface area contributed by atoms with Crippen LogP contribution in [0.4, 0.5) is 51.2 Å². The molecule has 10 aromatic carbocycles. The van der Waals surface area contributed by atoms with Crippen molar-refractivity contribution in [3.05, 3.63) is 216 Å². The predicted octanol–water partition coefficient (Wildman–Crippen LogP) is 17.2. The maximum Gasteiger partial charge on any atom is 0.252 e. The fourth-order valence-electron chi connectivity index (χ4n) is 13.6. The molecule has 5 heterocycles. The van der Waals surface area contributed by atoms with Crippen molar-refractivity contribution in [3.8, 4) is 45.4 Å². The number of nitrogens with zero attached hydrogens (tertiary/aromatic N) is 3. The van der Waals surface area contributed by atoms with Crippen LogP contribution < -0.4 is 50.0 Å². The molecule has 0 fully saturated rings. The SMILES string of the molecule is CC(C)(C)c1ccc(N2c3ccc(C(C)(C)C)cc3B3c4cc5c(cc4N(c4ccc6c(c4)OCO6)c4cc(N(c6ccc7c(c6)C(C)(C)c6ccccc6-7)c6ccc7cc(-c8cc9ccccc9o8)ccc7c6)cc2c43)OCO5)cc1. The van der Waals surface area contributed by atoms with Crippen molar-refractivity contribution in [2.45, 2.75) is 71.6 Å². The predicted molar refractivity (Wildman–Crippen MR) is 335 cm³/mol. The van der Waals surface area contributed by atoms with Gasteiger partial charge < -0.3 is 38.1 Å². The lowest BCUT2D eigenvalue weighted by Gasteiger charge is -2.45. The van der Waals surface area contributed by atoms with Crippen LogP contribution in [-0.4, -0.2) is 20.3 Å². The van der Waals surface area contributed by atoms with Crippen molar-refractivity contribution in [1.82, 2.24) is 0 Å². The third kappa shape index (κ3) is 7.37. The van der Waals surface area contributed by atoms with E-state index in [0.717, 1.165) is 101 Å². The van der Waals surface area contributed by atoms with Gasteiger partial charge in [0.2, 0.25) is 13.6 Å². The lowest BCUT2D eigenvalue weighted by molar-refractivity contribution is 0.173. The minimum atomic E-state index is -0.239. The maximum atomic E-state index is 6.40. The first-order valence-corrected chi connectivity index (χ1v) is 28.6. The van der Waals surface area contributed by atoms with E-state index in [9.17, 15) is 0 Å². The van der Waals surface area contributed by atoms with Crippen molar-refractivity contribution in [1.29, 1.82) is 0 Å². The summed E-state index contributed by atoms with van der Waals surface area (Å²) in [5.74, 6) is 3.74. The molecular formula is C73H60BN3O5. The molecule has 16 rings (SSSR count). The van der Waals surface area contributed by atoms with E-state index >= 15 is 0 Å². The molecule has 0 N–H and O–H groups in total. The molecule has 9 heteroatoms. The van der Waals surface area contributed by atoms with Gasteiger partial charge in [-0.25, -0.2) is 0 Å². The van der Waals surface area contributed by atoms with Crippen LogP contribution in [0.1, 0.15) is 77.6 Å². The Morgan fingerprint density at radius 3 is 1.84 bits per heavy atom. The van der Waals surface area contributed by atoms with Gasteiger partial charge in [-0.3, -0.25) is 0 Å². The molecule has 11 aromatic rings. The van der Waals surface area contributed by atoms with Crippen molar-refractivity contribution < 1.29 is 23.4 Å². The maximum absolute atomic E-state index is 6.40. The Hall–Kier alpha value is -9.34. The summed E-state index contributed by atoms with van der Waals surface area (Å²) in [7, 11) is 0. The molecule has 8 nitrogen and oxygen atoms in total. The Morgan fingerprint density at radius 1 is 0.439 bits per heavy atom. The Bertz CT molecular complexity index is 4470. The number of para-hydroxylation sites is 1. The van der Waals surface area contributed by atoms with Crippen LogP contribution in [0.15, 0.2) is 199 Å². The van der Waals surface area contributed by atoms with Gasteiger partial charge in [0, 0.05) is 68.3 Å². The zero-order valence-electron chi connectivity index (χ0n) is 47.3. The second-order valence-corrected chi connectivity index (χ2v) is 25.3. The summed E-state index contributed by atoms with van der Waals surface area (Å²) < 4.78 is 31.1. The van der Waals surface area contributed by atoms with Crippen molar-refractivity contribution in [3.63, 3.8) is 0 Å². The van der Waals surface area contributed by atoms with E-state index in [4.69, 9.17) is 23.4 Å². The summed E-state index contributed by atoms with van der Waals surface area (Å²) in [5.41, 5.74) is 22.2. The molecule has 0 radical (unpaired) electrons. The van der Waals surface area contributed by atoms with Gasteiger partial charge in [0.05, 0.1) is 11.4 Å². The Kier molecular flexibility index (Phi) is 10.3. The van der Waals surface area contributed by atoms with Gasteiger partial charge in [-0.2, -0.15) is 0 Å². The summed E-state index contributed by atoms with van der Waals surface area (Å²) in [6, 6.07) is 71.9. The number of hydrogen-bond acceptors (Lipinski definition) is 8. The van der Waals surface area contributed by atoms with Crippen molar-refractivity contribution in [2.75, 3.05) is 28.3 Å². The standard InChI is InChI=1S/C73H60BN3O5/c1-71(2,3)47-20-24-49(25-21-47)76-60-29-22-48(72(4,5)6)34-58(60)74-59-39-68-69(81-42-80-68)40-61(59)77(52-27-30-65-67(38-52)79-41-78-65)63-37-53(36-62(76)70(63)74)75(51-26-28-55-54-14-10-11-15-56(54)73(7,8)57(55)35-51)50-23-19-43-31-46(18-17-44(43)32-50)66-33-45-13-9-12-16-64(45)82-66/h9-40H,41-42H2,1-8H3. The van der Waals surface area contributed by atoms with E-state index in [1.54, 1.807) is 0 Å². The number of furan rings is 1. The first kappa shape index (κ1) is 48.6. The Balaban J connectivity index is 0.985. The van der Waals surface area contributed by atoms with Gasteiger partial charge >= 0.3 is 0 Å². The minimum absolute atomic E-state index is 0.0356.